The van der Waals surface area contributed by atoms with Gasteiger partial charge >= 0.3 is 0 Å². The standard InChI is InChI=1S/C15H17N5/c1-20(2)10-11-6-5-9-12(11)13-7-3-4-8-14(13)15-16-18-19-17-15/h3-9,12H,10H2,1-2H3,(H,16,17,18,19). The highest BCUT2D eigenvalue weighted by Crippen LogP contribution is 2.35. The lowest BCUT2D eigenvalue weighted by Gasteiger charge is -2.19. The molecule has 0 amide bonds. The van der Waals surface area contributed by atoms with Crippen LogP contribution in [0.2, 0.25) is 0 Å². The molecule has 0 aliphatic heterocycles. The molecule has 1 atom stereocenters. The zero-order valence-electron chi connectivity index (χ0n) is 11.6. The monoisotopic (exact) mass is 267 g/mol. The van der Waals surface area contributed by atoms with Gasteiger partial charge in [-0.15, -0.1) is 10.2 Å². The molecule has 3 rings (SSSR count). The Balaban J connectivity index is 1.99. The van der Waals surface area contributed by atoms with Crippen LogP contribution < -0.4 is 0 Å². The SMILES string of the molecule is CN(C)CC1=CC=CC1c1ccccc1-c1nn[nH]n1. The van der Waals surface area contributed by atoms with Gasteiger partial charge in [0.05, 0.1) is 0 Å². The fourth-order valence-corrected chi connectivity index (χ4v) is 2.58. The van der Waals surface area contributed by atoms with Crippen molar-refractivity contribution in [3.63, 3.8) is 0 Å². The summed E-state index contributed by atoms with van der Waals surface area (Å²) in [5, 5.41) is 14.4. The minimum atomic E-state index is 0.284. The van der Waals surface area contributed by atoms with Gasteiger partial charge in [0, 0.05) is 18.0 Å². The van der Waals surface area contributed by atoms with E-state index >= 15 is 0 Å². The maximum Gasteiger partial charge on any atom is 0.204 e. The predicted molar refractivity (Wildman–Crippen MR) is 78.1 cm³/mol. The Labute approximate surface area is 118 Å². The number of aromatic amines is 1. The van der Waals surface area contributed by atoms with E-state index in [4.69, 9.17) is 0 Å². The highest BCUT2D eigenvalue weighted by molar-refractivity contribution is 5.63. The van der Waals surface area contributed by atoms with Crippen molar-refractivity contribution in [2.45, 2.75) is 5.92 Å². The van der Waals surface area contributed by atoms with Crippen LogP contribution in [-0.4, -0.2) is 46.2 Å². The summed E-state index contributed by atoms with van der Waals surface area (Å²) in [6, 6.07) is 8.23. The number of likely N-dealkylation sites (N-methyl/N-ethyl adjacent to an activating group) is 1. The second-order valence-corrected chi connectivity index (χ2v) is 5.16. The van der Waals surface area contributed by atoms with Crippen molar-refractivity contribution >= 4 is 0 Å². The van der Waals surface area contributed by atoms with E-state index in [0.29, 0.717) is 5.82 Å². The van der Waals surface area contributed by atoms with Crippen molar-refractivity contribution in [3.8, 4) is 11.4 Å². The molecule has 1 aliphatic carbocycles. The molecule has 0 radical (unpaired) electrons. The summed E-state index contributed by atoms with van der Waals surface area (Å²) in [5.74, 6) is 0.928. The Morgan fingerprint density at radius 1 is 1.25 bits per heavy atom. The maximum atomic E-state index is 4.10. The first-order valence-corrected chi connectivity index (χ1v) is 6.60. The number of nitrogens with zero attached hydrogens (tertiary/aromatic N) is 4. The molecule has 0 spiro atoms. The highest BCUT2D eigenvalue weighted by atomic mass is 15.5. The molecule has 0 bridgehead atoms. The molecule has 2 aromatic rings. The largest absolute Gasteiger partial charge is 0.305 e. The van der Waals surface area contributed by atoms with E-state index in [-0.39, 0.29) is 5.92 Å². The number of nitrogens with one attached hydrogen (secondary N) is 1. The lowest BCUT2D eigenvalue weighted by molar-refractivity contribution is 0.439. The molecule has 0 saturated heterocycles. The summed E-state index contributed by atoms with van der Waals surface area (Å²) in [7, 11) is 4.17. The lowest BCUT2D eigenvalue weighted by atomic mass is 9.89. The minimum absolute atomic E-state index is 0.284. The summed E-state index contributed by atoms with van der Waals surface area (Å²) >= 11 is 0. The highest BCUT2D eigenvalue weighted by Gasteiger charge is 2.21. The Morgan fingerprint density at radius 2 is 2.10 bits per heavy atom. The van der Waals surface area contributed by atoms with Crippen molar-refractivity contribution in [1.82, 2.24) is 25.5 Å². The molecule has 5 nitrogen and oxygen atoms in total. The molecular weight excluding hydrogens is 250 g/mol. The van der Waals surface area contributed by atoms with Crippen LogP contribution in [0.3, 0.4) is 0 Å². The van der Waals surface area contributed by atoms with Crippen LogP contribution in [0.1, 0.15) is 11.5 Å². The van der Waals surface area contributed by atoms with Crippen LogP contribution in [-0.2, 0) is 0 Å². The zero-order chi connectivity index (χ0) is 13.9. The molecular formula is C15H17N5. The quantitative estimate of drug-likeness (QED) is 0.920. The van der Waals surface area contributed by atoms with Gasteiger partial charge in [-0.3, -0.25) is 0 Å². The van der Waals surface area contributed by atoms with Crippen LogP contribution in [0.15, 0.2) is 48.1 Å². The predicted octanol–water partition coefficient (Wildman–Crippen LogP) is 2.01. The maximum absolute atomic E-state index is 4.10. The van der Waals surface area contributed by atoms with Crippen LogP contribution in [0, 0.1) is 0 Å². The van der Waals surface area contributed by atoms with Crippen molar-refractivity contribution < 1.29 is 0 Å². The molecule has 1 unspecified atom stereocenters. The average molecular weight is 267 g/mol. The van der Waals surface area contributed by atoms with E-state index in [1.54, 1.807) is 0 Å². The summed E-state index contributed by atoms with van der Waals surface area (Å²) in [6.07, 6.45) is 6.53. The van der Waals surface area contributed by atoms with Gasteiger partial charge in [0.2, 0.25) is 5.82 Å². The zero-order valence-corrected chi connectivity index (χ0v) is 11.6. The van der Waals surface area contributed by atoms with Gasteiger partial charge in [0.25, 0.3) is 0 Å². The molecule has 1 N–H and O–H groups in total. The van der Waals surface area contributed by atoms with Crippen molar-refractivity contribution in [2.24, 2.45) is 0 Å². The topological polar surface area (TPSA) is 57.7 Å². The van der Waals surface area contributed by atoms with Gasteiger partial charge in [-0.1, -0.05) is 42.5 Å². The molecule has 1 aromatic carbocycles. The Morgan fingerprint density at radius 3 is 2.85 bits per heavy atom. The summed E-state index contributed by atoms with van der Waals surface area (Å²) in [6.45, 7) is 0.943. The van der Waals surface area contributed by atoms with Crippen molar-refractivity contribution in [1.29, 1.82) is 0 Å². The van der Waals surface area contributed by atoms with Gasteiger partial charge in [0.1, 0.15) is 0 Å². The first-order chi connectivity index (χ1) is 9.75. The van der Waals surface area contributed by atoms with Crippen LogP contribution in [0.25, 0.3) is 11.4 Å². The fraction of sp³-hybridized carbons (Fsp3) is 0.267. The molecule has 20 heavy (non-hydrogen) atoms. The van der Waals surface area contributed by atoms with Gasteiger partial charge < -0.3 is 4.90 Å². The molecule has 0 saturated carbocycles. The van der Waals surface area contributed by atoms with E-state index in [0.717, 1.165) is 12.1 Å². The molecule has 1 aromatic heterocycles. The van der Waals surface area contributed by atoms with E-state index in [9.17, 15) is 0 Å². The summed E-state index contributed by atoms with van der Waals surface area (Å²) in [4.78, 5) is 2.18. The number of hydrogen-bond acceptors (Lipinski definition) is 4. The van der Waals surface area contributed by atoms with E-state index < -0.39 is 0 Å². The third-order valence-electron chi connectivity index (χ3n) is 3.39. The molecule has 0 fully saturated rings. The van der Waals surface area contributed by atoms with E-state index in [2.05, 4.69) is 70.0 Å². The number of H-pyrrole nitrogens is 1. The first-order valence-electron chi connectivity index (χ1n) is 6.60. The number of allylic oxidation sites excluding steroid dienone is 3. The third-order valence-corrected chi connectivity index (χ3v) is 3.39. The van der Waals surface area contributed by atoms with Crippen LogP contribution >= 0.6 is 0 Å². The second-order valence-electron chi connectivity index (χ2n) is 5.16. The Hall–Kier alpha value is -2.27. The minimum Gasteiger partial charge on any atom is -0.305 e. The number of aromatic nitrogens is 4. The molecule has 102 valence electrons. The number of benzene rings is 1. The molecule has 5 heteroatoms. The second kappa shape index (κ2) is 5.38. The average Bonchev–Trinajstić information content (AvgIpc) is 3.09. The summed E-state index contributed by atoms with van der Waals surface area (Å²) < 4.78 is 0. The third kappa shape index (κ3) is 2.40. The first kappa shape index (κ1) is 12.7. The fourth-order valence-electron chi connectivity index (χ4n) is 2.58. The van der Waals surface area contributed by atoms with Crippen molar-refractivity contribution in [2.75, 3.05) is 20.6 Å². The summed E-state index contributed by atoms with van der Waals surface area (Å²) in [5.41, 5.74) is 3.63. The van der Waals surface area contributed by atoms with Gasteiger partial charge in [-0.05, 0) is 30.4 Å². The van der Waals surface area contributed by atoms with Crippen LogP contribution in [0.5, 0.6) is 0 Å². The normalized spacial score (nSPS) is 17.8. The Kier molecular flexibility index (Phi) is 3.43. The number of tetrazole rings is 1. The molecule has 1 aliphatic rings. The lowest BCUT2D eigenvalue weighted by Crippen LogP contribution is -2.17. The smallest absolute Gasteiger partial charge is 0.204 e. The Bertz CT molecular complexity index is 640. The van der Waals surface area contributed by atoms with Gasteiger partial charge in [-0.2, -0.15) is 5.21 Å². The molecule has 1 heterocycles. The number of rotatable bonds is 4. The van der Waals surface area contributed by atoms with Crippen molar-refractivity contribution in [3.05, 3.63) is 53.6 Å². The van der Waals surface area contributed by atoms with E-state index in [1.165, 1.54) is 11.1 Å². The van der Waals surface area contributed by atoms with E-state index in [1.807, 2.05) is 12.1 Å². The van der Waals surface area contributed by atoms with Crippen LogP contribution in [0.4, 0.5) is 0 Å². The van der Waals surface area contributed by atoms with Gasteiger partial charge in [0.15, 0.2) is 0 Å². The number of hydrogen-bond donors (Lipinski definition) is 1. The van der Waals surface area contributed by atoms with Gasteiger partial charge in [-0.25, -0.2) is 0 Å².